The number of hydroxylamine groups is 1. The molecular formula is C19H13F4N3O4. The number of rotatable bonds is 5. The van der Waals surface area contributed by atoms with E-state index in [1.807, 2.05) is 0 Å². The standard InChI is InChI=1S/C19H13F4N3O4/c1-18(11-2-4-12(5-3-11)29-19(21,22)23)9-16(26-30-18)28-13-6-7-15(20)14(8-13)17-25-24-10-27-17/h2-10,26H,1H3/t18-/m1/s1. The Bertz CT molecular complexity index is 1070. The Morgan fingerprint density at radius 3 is 2.47 bits per heavy atom. The number of ether oxygens (including phenoxy) is 2. The van der Waals surface area contributed by atoms with E-state index < -0.39 is 17.8 Å². The Morgan fingerprint density at radius 1 is 1.07 bits per heavy atom. The molecule has 0 fully saturated rings. The second kappa shape index (κ2) is 7.34. The lowest BCUT2D eigenvalue weighted by Crippen LogP contribution is -2.23. The normalized spacial score (nSPS) is 18.6. The summed E-state index contributed by atoms with van der Waals surface area (Å²) in [7, 11) is 0. The van der Waals surface area contributed by atoms with E-state index in [0.29, 0.717) is 5.56 Å². The highest BCUT2D eigenvalue weighted by atomic mass is 19.4. The fourth-order valence-corrected chi connectivity index (χ4v) is 2.79. The molecule has 0 spiro atoms. The van der Waals surface area contributed by atoms with Crippen molar-refractivity contribution in [2.45, 2.75) is 18.9 Å². The molecule has 3 aromatic rings. The van der Waals surface area contributed by atoms with Crippen molar-refractivity contribution in [1.82, 2.24) is 15.7 Å². The molecule has 1 aromatic heterocycles. The molecule has 1 atom stereocenters. The molecular weight excluding hydrogens is 410 g/mol. The van der Waals surface area contributed by atoms with Gasteiger partial charge in [-0.1, -0.05) is 12.1 Å². The van der Waals surface area contributed by atoms with Gasteiger partial charge in [0, 0.05) is 6.08 Å². The van der Waals surface area contributed by atoms with Crippen LogP contribution in [0.2, 0.25) is 0 Å². The first kappa shape index (κ1) is 19.7. The summed E-state index contributed by atoms with van der Waals surface area (Å²) < 4.78 is 65.4. The summed E-state index contributed by atoms with van der Waals surface area (Å²) >= 11 is 0. The zero-order chi connectivity index (χ0) is 21.4. The number of halogens is 4. The van der Waals surface area contributed by atoms with Gasteiger partial charge in [-0.05, 0) is 42.8 Å². The van der Waals surface area contributed by atoms with Crippen LogP contribution in [0.25, 0.3) is 11.5 Å². The monoisotopic (exact) mass is 423 g/mol. The van der Waals surface area contributed by atoms with Gasteiger partial charge < -0.3 is 13.9 Å². The first-order valence-corrected chi connectivity index (χ1v) is 8.49. The minimum atomic E-state index is -4.77. The lowest BCUT2D eigenvalue weighted by molar-refractivity contribution is -0.274. The molecule has 0 bridgehead atoms. The number of nitrogens with zero attached hydrogens (tertiary/aromatic N) is 2. The predicted octanol–water partition coefficient (Wildman–Crippen LogP) is 4.44. The minimum absolute atomic E-state index is 0.00596. The Labute approximate surface area is 166 Å². The van der Waals surface area contributed by atoms with Crippen molar-refractivity contribution in [2.75, 3.05) is 0 Å². The number of nitrogens with one attached hydrogen (secondary N) is 1. The summed E-state index contributed by atoms with van der Waals surface area (Å²) in [4.78, 5) is 5.53. The molecule has 0 saturated heterocycles. The Morgan fingerprint density at radius 2 is 1.80 bits per heavy atom. The molecule has 11 heteroatoms. The fraction of sp³-hybridized carbons (Fsp3) is 0.158. The Hall–Kier alpha value is -3.60. The van der Waals surface area contributed by atoms with E-state index in [0.717, 1.165) is 6.39 Å². The van der Waals surface area contributed by atoms with Crippen LogP contribution in [0, 0.1) is 5.82 Å². The molecule has 0 saturated carbocycles. The number of alkyl halides is 3. The van der Waals surface area contributed by atoms with Gasteiger partial charge in [-0.3, -0.25) is 4.84 Å². The van der Waals surface area contributed by atoms with Crippen LogP contribution in [-0.2, 0) is 10.4 Å². The van der Waals surface area contributed by atoms with E-state index >= 15 is 0 Å². The van der Waals surface area contributed by atoms with Gasteiger partial charge in [0.05, 0.1) is 5.56 Å². The lowest BCUT2D eigenvalue weighted by atomic mass is 9.96. The number of hydrogen-bond acceptors (Lipinski definition) is 7. The molecule has 2 aromatic carbocycles. The third kappa shape index (κ3) is 4.20. The molecule has 1 aliphatic heterocycles. The van der Waals surface area contributed by atoms with Crippen LogP contribution in [-0.4, -0.2) is 16.6 Å². The minimum Gasteiger partial charge on any atom is -0.439 e. The number of benzene rings is 2. The molecule has 1 N–H and O–H groups in total. The predicted molar refractivity (Wildman–Crippen MR) is 93.1 cm³/mol. The van der Waals surface area contributed by atoms with E-state index in [1.54, 1.807) is 13.0 Å². The summed E-state index contributed by atoms with van der Waals surface area (Å²) in [5.41, 5.74) is 2.18. The highest BCUT2D eigenvalue weighted by Crippen LogP contribution is 2.34. The average molecular weight is 423 g/mol. The second-order valence-corrected chi connectivity index (χ2v) is 6.38. The molecule has 0 aliphatic carbocycles. The third-order valence-corrected chi connectivity index (χ3v) is 4.19. The van der Waals surface area contributed by atoms with Gasteiger partial charge in [0.25, 0.3) is 5.89 Å². The summed E-state index contributed by atoms with van der Waals surface area (Å²) in [5, 5.41) is 7.18. The first-order chi connectivity index (χ1) is 14.2. The molecule has 7 nitrogen and oxygen atoms in total. The van der Waals surface area contributed by atoms with Gasteiger partial charge in [0.15, 0.2) is 0 Å². The summed E-state index contributed by atoms with van der Waals surface area (Å²) in [6.07, 6.45) is -2.11. The Kier molecular flexibility index (Phi) is 4.82. The maximum Gasteiger partial charge on any atom is 0.573 e. The zero-order valence-corrected chi connectivity index (χ0v) is 15.2. The van der Waals surface area contributed by atoms with Gasteiger partial charge in [-0.25, -0.2) is 9.87 Å². The zero-order valence-electron chi connectivity index (χ0n) is 15.2. The first-order valence-electron chi connectivity index (χ1n) is 8.49. The van der Waals surface area contributed by atoms with Gasteiger partial charge in [-0.15, -0.1) is 23.4 Å². The van der Waals surface area contributed by atoms with E-state index in [-0.39, 0.29) is 28.8 Å². The van der Waals surface area contributed by atoms with Crippen molar-refractivity contribution in [2.24, 2.45) is 0 Å². The number of aromatic nitrogens is 2. The van der Waals surface area contributed by atoms with Crippen LogP contribution >= 0.6 is 0 Å². The van der Waals surface area contributed by atoms with Crippen molar-refractivity contribution in [1.29, 1.82) is 0 Å². The number of hydrogen-bond donors (Lipinski definition) is 1. The van der Waals surface area contributed by atoms with Crippen LogP contribution < -0.4 is 15.0 Å². The smallest absolute Gasteiger partial charge is 0.439 e. The molecule has 156 valence electrons. The average Bonchev–Trinajstić information content (AvgIpc) is 3.33. The maximum atomic E-state index is 14.0. The van der Waals surface area contributed by atoms with Crippen molar-refractivity contribution >= 4 is 0 Å². The SMILES string of the molecule is C[C@]1(c2ccc(OC(F)(F)F)cc2)C=C(Oc2ccc(F)c(-c3nnco3)c2)NO1. The largest absolute Gasteiger partial charge is 0.573 e. The highest BCUT2D eigenvalue weighted by molar-refractivity contribution is 5.56. The molecule has 1 aliphatic rings. The van der Waals surface area contributed by atoms with Crippen LogP contribution in [0.4, 0.5) is 17.6 Å². The quantitative estimate of drug-likeness (QED) is 0.608. The van der Waals surface area contributed by atoms with Gasteiger partial charge >= 0.3 is 6.36 Å². The van der Waals surface area contributed by atoms with E-state index in [9.17, 15) is 17.6 Å². The molecule has 2 heterocycles. The molecule has 0 amide bonds. The van der Waals surface area contributed by atoms with E-state index in [1.165, 1.54) is 42.5 Å². The van der Waals surface area contributed by atoms with E-state index in [4.69, 9.17) is 14.0 Å². The fourth-order valence-electron chi connectivity index (χ4n) is 2.79. The summed E-state index contributed by atoms with van der Waals surface area (Å²) in [6.45, 7) is 1.69. The van der Waals surface area contributed by atoms with Gasteiger partial charge in [-0.2, -0.15) is 0 Å². The van der Waals surface area contributed by atoms with Gasteiger partial charge in [0.2, 0.25) is 12.3 Å². The molecule has 0 unspecified atom stereocenters. The third-order valence-electron chi connectivity index (χ3n) is 4.19. The summed E-state index contributed by atoms with van der Waals surface area (Å²) in [5.74, 6) is -0.446. The van der Waals surface area contributed by atoms with E-state index in [2.05, 4.69) is 20.4 Å². The molecule has 4 rings (SSSR count). The molecule has 30 heavy (non-hydrogen) atoms. The van der Waals surface area contributed by atoms with Crippen molar-refractivity contribution < 1.29 is 36.3 Å². The van der Waals surface area contributed by atoms with Crippen LogP contribution in [0.3, 0.4) is 0 Å². The molecule has 0 radical (unpaired) electrons. The van der Waals surface area contributed by atoms with Crippen LogP contribution in [0.5, 0.6) is 11.5 Å². The lowest BCUT2D eigenvalue weighted by Gasteiger charge is -2.20. The van der Waals surface area contributed by atoms with Crippen LogP contribution in [0.15, 0.2) is 65.2 Å². The maximum absolute atomic E-state index is 14.0. The van der Waals surface area contributed by atoms with Crippen molar-refractivity contribution in [3.8, 4) is 23.0 Å². The second-order valence-electron chi connectivity index (χ2n) is 6.38. The van der Waals surface area contributed by atoms with Gasteiger partial charge in [0.1, 0.15) is 22.9 Å². The topological polar surface area (TPSA) is 78.6 Å². The van der Waals surface area contributed by atoms with Crippen molar-refractivity contribution in [3.05, 3.63) is 72.2 Å². The highest BCUT2D eigenvalue weighted by Gasteiger charge is 2.34. The summed E-state index contributed by atoms with van der Waals surface area (Å²) in [6, 6.07) is 9.20. The Balaban J connectivity index is 1.52. The van der Waals surface area contributed by atoms with Crippen LogP contribution in [0.1, 0.15) is 12.5 Å². The van der Waals surface area contributed by atoms with Crippen molar-refractivity contribution in [3.63, 3.8) is 0 Å².